The van der Waals surface area contributed by atoms with Crippen LogP contribution in [0.25, 0.3) is 105 Å². The first kappa shape index (κ1) is 31.1. The Morgan fingerprint density at radius 3 is 1.49 bits per heavy atom. The highest BCUT2D eigenvalue weighted by atomic mass is 15.0. The summed E-state index contributed by atoms with van der Waals surface area (Å²) < 4.78 is 2.46. The first-order chi connectivity index (χ1) is 27.3. The van der Waals surface area contributed by atoms with Crippen LogP contribution >= 0.6 is 0 Å². The minimum Gasteiger partial charge on any atom is -0.309 e. The maximum Gasteiger partial charge on any atom is 0.164 e. The van der Waals surface area contributed by atoms with E-state index in [2.05, 4.69) is 138 Å². The van der Waals surface area contributed by atoms with Crippen molar-refractivity contribution < 1.29 is 0 Å². The van der Waals surface area contributed by atoms with E-state index in [0.29, 0.717) is 17.5 Å². The van der Waals surface area contributed by atoms with Gasteiger partial charge in [0.25, 0.3) is 0 Å². The number of fused-ring (bicyclic) bond motifs is 8. The summed E-state index contributed by atoms with van der Waals surface area (Å²) in [4.78, 5) is 14.7. The molecule has 0 saturated carbocycles. The van der Waals surface area contributed by atoms with E-state index < -0.39 is 0 Å². The molecule has 9 aromatic carbocycles. The van der Waals surface area contributed by atoms with Gasteiger partial charge in [0.1, 0.15) is 0 Å². The lowest BCUT2D eigenvalue weighted by Crippen LogP contribution is -2.00. The van der Waals surface area contributed by atoms with Crippen LogP contribution in [0.15, 0.2) is 194 Å². The van der Waals surface area contributed by atoms with E-state index in [9.17, 15) is 0 Å². The Hall–Kier alpha value is -7.43. The number of hydrogen-bond acceptors (Lipinski definition) is 3. The summed E-state index contributed by atoms with van der Waals surface area (Å²) in [7, 11) is 0. The van der Waals surface area contributed by atoms with Gasteiger partial charge in [-0.1, -0.05) is 170 Å². The molecule has 0 amide bonds. The molecular formula is C51H32N4. The van der Waals surface area contributed by atoms with Crippen LogP contribution in [-0.2, 0) is 0 Å². The summed E-state index contributed by atoms with van der Waals surface area (Å²) in [6, 6.07) is 68.8. The highest BCUT2D eigenvalue weighted by Gasteiger charge is 2.18. The van der Waals surface area contributed by atoms with Crippen molar-refractivity contribution in [3.05, 3.63) is 194 Å². The van der Waals surface area contributed by atoms with Crippen molar-refractivity contribution in [1.82, 2.24) is 19.5 Å². The predicted molar refractivity (Wildman–Crippen MR) is 228 cm³/mol. The average Bonchev–Trinajstić information content (AvgIpc) is 3.61. The van der Waals surface area contributed by atoms with E-state index >= 15 is 0 Å². The van der Waals surface area contributed by atoms with Crippen molar-refractivity contribution >= 4 is 54.1 Å². The third kappa shape index (κ3) is 5.19. The molecule has 256 valence electrons. The van der Waals surface area contributed by atoms with Crippen LogP contribution in [0.3, 0.4) is 0 Å². The molecular weight excluding hydrogens is 669 g/mol. The fourth-order valence-electron chi connectivity index (χ4n) is 8.21. The third-order valence-corrected chi connectivity index (χ3v) is 10.8. The maximum atomic E-state index is 4.93. The van der Waals surface area contributed by atoms with Crippen LogP contribution in [0.2, 0.25) is 0 Å². The van der Waals surface area contributed by atoms with Gasteiger partial charge < -0.3 is 4.57 Å². The monoisotopic (exact) mass is 700 g/mol. The number of rotatable bonds is 5. The van der Waals surface area contributed by atoms with Crippen molar-refractivity contribution in [1.29, 1.82) is 0 Å². The Kier molecular flexibility index (Phi) is 7.14. The fraction of sp³-hybridized carbons (Fsp3) is 0. The van der Waals surface area contributed by atoms with Crippen LogP contribution in [-0.4, -0.2) is 19.5 Å². The van der Waals surface area contributed by atoms with Crippen molar-refractivity contribution in [2.24, 2.45) is 0 Å². The topological polar surface area (TPSA) is 43.6 Å². The Balaban J connectivity index is 1.02. The molecule has 55 heavy (non-hydrogen) atoms. The quantitative estimate of drug-likeness (QED) is 0.168. The molecule has 0 atom stereocenters. The van der Waals surface area contributed by atoms with E-state index in [-0.39, 0.29) is 0 Å². The van der Waals surface area contributed by atoms with E-state index in [4.69, 9.17) is 15.0 Å². The van der Waals surface area contributed by atoms with Gasteiger partial charge in [0.15, 0.2) is 17.5 Å². The van der Waals surface area contributed by atoms with Gasteiger partial charge in [-0.15, -0.1) is 0 Å². The molecule has 0 aliphatic rings. The molecule has 11 aromatic rings. The molecule has 0 radical (unpaired) electrons. The minimum atomic E-state index is 0.649. The standard InChI is InChI=1S/C51H32N4/c1-3-13-34(14-4-1)49-52-50(35-15-5-2-6-16-35)54-51(53-49)36-25-23-33(24-26-36)37-27-29-41-39(31-37)28-30-46-48(41)44-21-11-12-22-45(44)55(46)47-32-38-17-7-8-18-40(38)42-19-9-10-20-43(42)47/h1-32H. The summed E-state index contributed by atoms with van der Waals surface area (Å²) in [6.45, 7) is 0. The summed E-state index contributed by atoms with van der Waals surface area (Å²) >= 11 is 0. The lowest BCUT2D eigenvalue weighted by atomic mass is 9.97. The average molecular weight is 701 g/mol. The smallest absolute Gasteiger partial charge is 0.164 e. The second kappa shape index (κ2) is 12.6. The maximum absolute atomic E-state index is 4.93. The van der Waals surface area contributed by atoms with Crippen molar-refractivity contribution in [2.45, 2.75) is 0 Å². The predicted octanol–water partition coefficient (Wildman–Crippen LogP) is 13.1. The molecule has 2 aromatic heterocycles. The van der Waals surface area contributed by atoms with E-state index in [1.54, 1.807) is 0 Å². The minimum absolute atomic E-state index is 0.649. The van der Waals surface area contributed by atoms with Crippen LogP contribution in [0.5, 0.6) is 0 Å². The lowest BCUT2D eigenvalue weighted by molar-refractivity contribution is 1.07. The second-order valence-electron chi connectivity index (χ2n) is 14.0. The molecule has 11 rings (SSSR count). The van der Waals surface area contributed by atoms with E-state index in [1.807, 2.05) is 60.7 Å². The van der Waals surface area contributed by atoms with Crippen molar-refractivity contribution in [3.63, 3.8) is 0 Å². The zero-order chi connectivity index (χ0) is 36.3. The Bertz CT molecular complexity index is 3180. The van der Waals surface area contributed by atoms with Crippen LogP contribution in [0.4, 0.5) is 0 Å². The van der Waals surface area contributed by atoms with Gasteiger partial charge >= 0.3 is 0 Å². The van der Waals surface area contributed by atoms with Crippen molar-refractivity contribution in [3.8, 4) is 51.0 Å². The van der Waals surface area contributed by atoms with E-state index in [0.717, 1.165) is 27.8 Å². The third-order valence-electron chi connectivity index (χ3n) is 10.8. The second-order valence-corrected chi connectivity index (χ2v) is 14.0. The van der Waals surface area contributed by atoms with Crippen molar-refractivity contribution in [2.75, 3.05) is 0 Å². The Morgan fingerprint density at radius 2 is 0.800 bits per heavy atom. The first-order valence-corrected chi connectivity index (χ1v) is 18.6. The molecule has 0 aliphatic carbocycles. The summed E-state index contributed by atoms with van der Waals surface area (Å²) in [5.74, 6) is 1.96. The molecule has 2 heterocycles. The highest BCUT2D eigenvalue weighted by molar-refractivity contribution is 6.23. The molecule has 4 heteroatoms. The Labute approximate surface area is 317 Å². The molecule has 4 nitrogen and oxygen atoms in total. The summed E-state index contributed by atoms with van der Waals surface area (Å²) in [5, 5.41) is 9.99. The van der Waals surface area contributed by atoms with Crippen LogP contribution < -0.4 is 0 Å². The molecule has 0 fully saturated rings. The lowest BCUT2D eigenvalue weighted by Gasteiger charge is -2.14. The van der Waals surface area contributed by atoms with Gasteiger partial charge in [0.2, 0.25) is 0 Å². The van der Waals surface area contributed by atoms with E-state index in [1.165, 1.54) is 59.8 Å². The molecule has 0 bridgehead atoms. The van der Waals surface area contributed by atoms with Crippen LogP contribution in [0.1, 0.15) is 0 Å². The number of para-hydroxylation sites is 1. The number of nitrogens with zero attached hydrogens (tertiary/aromatic N) is 4. The zero-order valence-corrected chi connectivity index (χ0v) is 29.8. The molecule has 0 spiro atoms. The normalized spacial score (nSPS) is 11.6. The molecule has 0 saturated heterocycles. The zero-order valence-electron chi connectivity index (χ0n) is 29.8. The molecule has 0 N–H and O–H groups in total. The SMILES string of the molecule is c1ccc(-c2nc(-c3ccccc3)nc(-c3ccc(-c4ccc5c(ccc6c5c5ccccc5n6-c5cc6ccccc6c6ccccc56)c4)cc3)n2)cc1. The van der Waals surface area contributed by atoms with Gasteiger partial charge in [0.05, 0.1) is 16.7 Å². The summed E-state index contributed by atoms with van der Waals surface area (Å²) in [5.41, 5.74) is 8.75. The summed E-state index contributed by atoms with van der Waals surface area (Å²) in [6.07, 6.45) is 0. The van der Waals surface area contributed by atoms with Gasteiger partial charge in [-0.25, -0.2) is 15.0 Å². The number of aromatic nitrogens is 4. The van der Waals surface area contributed by atoms with Gasteiger partial charge in [-0.2, -0.15) is 0 Å². The molecule has 0 aliphatic heterocycles. The van der Waals surface area contributed by atoms with Gasteiger partial charge in [0, 0.05) is 32.8 Å². The van der Waals surface area contributed by atoms with Crippen LogP contribution in [0, 0.1) is 0 Å². The molecule has 0 unspecified atom stereocenters. The first-order valence-electron chi connectivity index (χ1n) is 18.6. The number of hydrogen-bond donors (Lipinski definition) is 0. The Morgan fingerprint density at radius 1 is 0.291 bits per heavy atom. The highest BCUT2D eigenvalue weighted by Crippen LogP contribution is 2.41. The largest absolute Gasteiger partial charge is 0.309 e. The fourth-order valence-corrected chi connectivity index (χ4v) is 8.21. The number of benzene rings is 9. The van der Waals surface area contributed by atoms with Gasteiger partial charge in [-0.3, -0.25) is 0 Å². The van der Waals surface area contributed by atoms with Gasteiger partial charge in [-0.05, 0) is 62.3 Å².